The van der Waals surface area contributed by atoms with Crippen LogP contribution in [-0.4, -0.2) is 45.9 Å². The maximum Gasteiger partial charge on any atom is 0.318 e. The van der Waals surface area contributed by atoms with E-state index in [9.17, 15) is 20.2 Å². The van der Waals surface area contributed by atoms with Crippen LogP contribution in [0.1, 0.15) is 19.3 Å². The van der Waals surface area contributed by atoms with Crippen LogP contribution in [0.5, 0.6) is 0 Å². The highest BCUT2D eigenvalue weighted by Gasteiger charge is 2.21. The second-order valence-electron chi connectivity index (χ2n) is 4.90. The maximum absolute atomic E-state index is 11.0. The van der Waals surface area contributed by atoms with Gasteiger partial charge in [-0.1, -0.05) is 6.42 Å². The fourth-order valence-electron chi connectivity index (χ4n) is 2.33. The molecule has 0 spiro atoms. The number of pyridine rings is 1. The number of nitrogens with zero attached hydrogens (tertiary/aromatic N) is 4. The third kappa shape index (κ3) is 4.09. The Bertz CT molecular complexity index is 530. The average molecular weight is 295 g/mol. The molecule has 9 heteroatoms. The number of hydrogen-bond acceptors (Lipinski definition) is 7. The summed E-state index contributed by atoms with van der Waals surface area (Å²) in [4.78, 5) is 26.3. The van der Waals surface area contributed by atoms with Gasteiger partial charge < -0.3 is 10.2 Å². The Morgan fingerprint density at radius 2 is 1.90 bits per heavy atom. The minimum atomic E-state index is -0.697. The molecule has 1 aromatic rings. The molecule has 1 aliphatic rings. The first-order valence-electron chi connectivity index (χ1n) is 6.83. The van der Waals surface area contributed by atoms with E-state index in [1.165, 1.54) is 19.3 Å². The quantitative estimate of drug-likeness (QED) is 0.628. The zero-order valence-corrected chi connectivity index (χ0v) is 11.5. The Kier molecular flexibility index (Phi) is 4.99. The molecule has 0 unspecified atom stereocenters. The number of nitrogens with one attached hydrogen (secondary N) is 1. The minimum Gasteiger partial charge on any atom is -0.363 e. The topological polar surface area (TPSA) is 114 Å². The van der Waals surface area contributed by atoms with Crippen LogP contribution in [0, 0.1) is 20.2 Å². The summed E-state index contributed by atoms with van der Waals surface area (Å²) in [7, 11) is 0. The van der Waals surface area contributed by atoms with Gasteiger partial charge in [0.15, 0.2) is 0 Å². The van der Waals surface area contributed by atoms with Crippen LogP contribution < -0.4 is 5.32 Å². The Morgan fingerprint density at radius 1 is 1.19 bits per heavy atom. The monoisotopic (exact) mass is 295 g/mol. The van der Waals surface area contributed by atoms with Gasteiger partial charge in [-0.15, -0.1) is 0 Å². The highest BCUT2D eigenvalue weighted by molar-refractivity contribution is 5.59. The van der Waals surface area contributed by atoms with Gasteiger partial charge in [-0.3, -0.25) is 20.2 Å². The van der Waals surface area contributed by atoms with Crippen LogP contribution in [0.25, 0.3) is 0 Å². The van der Waals surface area contributed by atoms with E-state index < -0.39 is 9.85 Å². The Hall–Kier alpha value is -2.29. The second kappa shape index (κ2) is 6.93. The molecule has 1 saturated heterocycles. The van der Waals surface area contributed by atoms with E-state index in [1.54, 1.807) is 0 Å². The van der Waals surface area contributed by atoms with Gasteiger partial charge in [-0.05, 0) is 25.9 Å². The van der Waals surface area contributed by atoms with Crippen molar-refractivity contribution >= 4 is 17.2 Å². The molecule has 0 aromatic carbocycles. The van der Waals surface area contributed by atoms with E-state index in [2.05, 4.69) is 15.2 Å². The predicted molar refractivity (Wildman–Crippen MR) is 76.3 cm³/mol. The molecule has 1 fully saturated rings. The number of anilines is 1. The third-order valence-electron chi connectivity index (χ3n) is 3.43. The number of rotatable bonds is 6. The number of piperidine rings is 1. The lowest BCUT2D eigenvalue weighted by molar-refractivity contribution is -0.394. The summed E-state index contributed by atoms with van der Waals surface area (Å²) in [6.45, 7) is 3.37. The van der Waals surface area contributed by atoms with Gasteiger partial charge in [0.25, 0.3) is 5.69 Å². The lowest BCUT2D eigenvalue weighted by Gasteiger charge is -2.26. The second-order valence-corrected chi connectivity index (χ2v) is 4.90. The molecule has 0 radical (unpaired) electrons. The van der Waals surface area contributed by atoms with Gasteiger partial charge in [0, 0.05) is 13.1 Å². The first-order chi connectivity index (χ1) is 10.1. The van der Waals surface area contributed by atoms with Crippen molar-refractivity contribution in [3.05, 3.63) is 32.5 Å². The Balaban J connectivity index is 1.98. The summed E-state index contributed by atoms with van der Waals surface area (Å²) < 4.78 is 0. The van der Waals surface area contributed by atoms with Crippen LogP contribution in [0.3, 0.4) is 0 Å². The van der Waals surface area contributed by atoms with E-state index >= 15 is 0 Å². The lowest BCUT2D eigenvalue weighted by Crippen LogP contribution is -2.33. The van der Waals surface area contributed by atoms with Gasteiger partial charge in [-0.25, -0.2) is 4.98 Å². The maximum atomic E-state index is 11.0. The van der Waals surface area contributed by atoms with Crippen LogP contribution in [0.15, 0.2) is 12.3 Å². The van der Waals surface area contributed by atoms with Crippen molar-refractivity contribution in [2.24, 2.45) is 0 Å². The van der Waals surface area contributed by atoms with Gasteiger partial charge in [0.1, 0.15) is 6.20 Å². The molecule has 0 bridgehead atoms. The number of hydrogen-bond donors (Lipinski definition) is 1. The van der Waals surface area contributed by atoms with E-state index in [0.29, 0.717) is 6.54 Å². The molecule has 0 aliphatic carbocycles. The van der Waals surface area contributed by atoms with Crippen molar-refractivity contribution < 1.29 is 9.85 Å². The highest BCUT2D eigenvalue weighted by atomic mass is 16.6. The molecule has 114 valence electrons. The Labute approximate surface area is 121 Å². The molecule has 2 rings (SSSR count). The fourth-order valence-corrected chi connectivity index (χ4v) is 2.33. The fraction of sp³-hybridized carbons (Fsp3) is 0.583. The van der Waals surface area contributed by atoms with Crippen LogP contribution in [0.4, 0.5) is 17.2 Å². The van der Waals surface area contributed by atoms with Gasteiger partial charge in [0.05, 0.1) is 15.9 Å². The third-order valence-corrected chi connectivity index (χ3v) is 3.43. The van der Waals surface area contributed by atoms with Crippen molar-refractivity contribution in [2.45, 2.75) is 19.3 Å². The number of likely N-dealkylation sites (tertiary alicyclic amines) is 1. The SMILES string of the molecule is O=[N+]([O-])c1cnc(NCCN2CCCCC2)c([N+](=O)[O-])c1. The van der Waals surface area contributed by atoms with E-state index in [0.717, 1.165) is 31.9 Å². The van der Waals surface area contributed by atoms with Crippen molar-refractivity contribution in [2.75, 3.05) is 31.5 Å². The summed E-state index contributed by atoms with van der Waals surface area (Å²) in [6.07, 6.45) is 4.63. The molecule has 0 amide bonds. The van der Waals surface area contributed by atoms with Crippen molar-refractivity contribution in [3.63, 3.8) is 0 Å². The van der Waals surface area contributed by atoms with Gasteiger partial charge >= 0.3 is 5.69 Å². The lowest BCUT2D eigenvalue weighted by atomic mass is 10.1. The molecule has 21 heavy (non-hydrogen) atoms. The molecular weight excluding hydrogens is 278 g/mol. The van der Waals surface area contributed by atoms with Crippen molar-refractivity contribution in [3.8, 4) is 0 Å². The van der Waals surface area contributed by atoms with Crippen molar-refractivity contribution in [1.82, 2.24) is 9.88 Å². The summed E-state index contributed by atoms with van der Waals surface area (Å²) in [5, 5.41) is 24.5. The molecule has 0 atom stereocenters. The number of aromatic nitrogens is 1. The molecule has 1 aliphatic heterocycles. The summed E-state index contributed by atoms with van der Waals surface area (Å²) in [6, 6.07) is 0.927. The molecule has 1 aromatic heterocycles. The first kappa shape index (κ1) is 15.1. The number of nitro groups is 2. The van der Waals surface area contributed by atoms with E-state index in [-0.39, 0.29) is 17.2 Å². The molecule has 2 heterocycles. The summed E-state index contributed by atoms with van der Waals surface area (Å²) >= 11 is 0. The minimum absolute atomic E-state index is 0.0719. The molecular formula is C12H17N5O4. The molecule has 9 nitrogen and oxygen atoms in total. The van der Waals surface area contributed by atoms with Gasteiger partial charge in [-0.2, -0.15) is 0 Å². The smallest absolute Gasteiger partial charge is 0.318 e. The standard InChI is InChI=1S/C12H17N5O4/c18-16(19)10-8-11(17(20)21)12(14-9-10)13-4-7-15-5-2-1-3-6-15/h8-9H,1-7H2,(H,13,14). The summed E-state index contributed by atoms with van der Waals surface area (Å²) in [5.41, 5.74) is -0.758. The van der Waals surface area contributed by atoms with Crippen LogP contribution >= 0.6 is 0 Å². The van der Waals surface area contributed by atoms with Crippen LogP contribution in [-0.2, 0) is 0 Å². The highest BCUT2D eigenvalue weighted by Crippen LogP contribution is 2.26. The predicted octanol–water partition coefficient (Wildman–Crippen LogP) is 1.80. The first-order valence-corrected chi connectivity index (χ1v) is 6.83. The zero-order valence-electron chi connectivity index (χ0n) is 11.5. The van der Waals surface area contributed by atoms with Gasteiger partial charge in [0.2, 0.25) is 5.82 Å². The van der Waals surface area contributed by atoms with E-state index in [1.807, 2.05) is 0 Å². The zero-order chi connectivity index (χ0) is 15.2. The molecule has 1 N–H and O–H groups in total. The average Bonchev–Trinajstić information content (AvgIpc) is 2.48. The van der Waals surface area contributed by atoms with E-state index in [4.69, 9.17) is 0 Å². The molecule has 0 saturated carbocycles. The van der Waals surface area contributed by atoms with Crippen molar-refractivity contribution in [1.29, 1.82) is 0 Å². The van der Waals surface area contributed by atoms with Crippen LogP contribution in [0.2, 0.25) is 0 Å². The normalized spacial score (nSPS) is 15.6. The summed E-state index contributed by atoms with van der Waals surface area (Å²) in [5.74, 6) is 0.0719. The largest absolute Gasteiger partial charge is 0.363 e. The Morgan fingerprint density at radius 3 is 2.52 bits per heavy atom.